The van der Waals surface area contributed by atoms with Gasteiger partial charge in [0.2, 0.25) is 0 Å². The number of aliphatic hydroxyl groups is 1. The first kappa shape index (κ1) is 15.3. The van der Waals surface area contributed by atoms with Gasteiger partial charge in [-0.25, -0.2) is 4.79 Å². The molecule has 0 aromatic heterocycles. The minimum atomic E-state index is -1.11. The normalized spacial score (nSPS) is 12.4. The minimum Gasteiger partial charge on any atom is -0.451 e. The van der Waals surface area contributed by atoms with E-state index in [-0.39, 0.29) is 5.92 Å². The average molecular weight is 284 g/mol. The van der Waals surface area contributed by atoms with E-state index < -0.39 is 18.2 Å². The van der Waals surface area contributed by atoms with Gasteiger partial charge in [-0.15, -0.1) is 0 Å². The van der Waals surface area contributed by atoms with Gasteiger partial charge < -0.3 is 9.84 Å². The Hall–Kier alpha value is -2.13. The molecule has 21 heavy (non-hydrogen) atoms. The van der Waals surface area contributed by atoms with Crippen LogP contribution >= 0.6 is 0 Å². The number of hydrogen-bond acceptors (Lipinski definition) is 3. The van der Waals surface area contributed by atoms with E-state index >= 15 is 0 Å². The van der Waals surface area contributed by atoms with Crippen LogP contribution in [-0.2, 0) is 9.53 Å². The topological polar surface area (TPSA) is 46.5 Å². The van der Waals surface area contributed by atoms with E-state index in [1.54, 1.807) is 13.8 Å². The first-order valence-corrected chi connectivity index (χ1v) is 7.08. The predicted octanol–water partition coefficient (Wildman–Crippen LogP) is 3.34. The maximum atomic E-state index is 12.1. The summed E-state index contributed by atoms with van der Waals surface area (Å²) in [6, 6.07) is 19.1. The van der Waals surface area contributed by atoms with Crippen LogP contribution in [0.3, 0.4) is 0 Å². The smallest absolute Gasteiger partial charge is 0.336 e. The summed E-state index contributed by atoms with van der Waals surface area (Å²) in [6.07, 6.45) is -1.62. The summed E-state index contributed by atoms with van der Waals surface area (Å²) in [4.78, 5) is 12.1. The largest absolute Gasteiger partial charge is 0.451 e. The molecule has 0 aliphatic heterocycles. The lowest BCUT2D eigenvalue weighted by Gasteiger charge is -2.22. The maximum absolute atomic E-state index is 12.1. The van der Waals surface area contributed by atoms with Crippen molar-refractivity contribution in [3.63, 3.8) is 0 Å². The Morgan fingerprint density at radius 2 is 1.33 bits per heavy atom. The molecule has 0 amide bonds. The van der Waals surface area contributed by atoms with Gasteiger partial charge in [0.15, 0.2) is 12.2 Å². The van der Waals surface area contributed by atoms with E-state index in [0.717, 1.165) is 11.1 Å². The third-order valence-corrected chi connectivity index (χ3v) is 3.31. The third-order valence-electron chi connectivity index (χ3n) is 3.31. The molecule has 110 valence electrons. The summed E-state index contributed by atoms with van der Waals surface area (Å²) in [5, 5.41) is 9.86. The molecular weight excluding hydrogens is 264 g/mol. The Morgan fingerprint density at radius 3 is 1.71 bits per heavy atom. The van der Waals surface area contributed by atoms with E-state index in [1.807, 2.05) is 60.7 Å². The summed E-state index contributed by atoms with van der Waals surface area (Å²) in [6.45, 7) is 3.57. The lowest BCUT2D eigenvalue weighted by molar-refractivity contribution is -0.159. The summed E-state index contributed by atoms with van der Waals surface area (Å²) in [5.74, 6) is -0.771. The third kappa shape index (κ3) is 3.92. The van der Waals surface area contributed by atoms with Crippen LogP contribution in [-0.4, -0.2) is 17.2 Å². The molecule has 3 nitrogen and oxygen atoms in total. The molecule has 2 rings (SSSR count). The first-order chi connectivity index (χ1) is 10.1. The van der Waals surface area contributed by atoms with Crippen molar-refractivity contribution in [3.8, 4) is 0 Å². The van der Waals surface area contributed by atoms with Gasteiger partial charge in [0.25, 0.3) is 0 Å². The second-order valence-electron chi connectivity index (χ2n) is 5.33. The van der Waals surface area contributed by atoms with E-state index in [2.05, 4.69) is 0 Å². The van der Waals surface area contributed by atoms with E-state index in [1.165, 1.54) is 0 Å². The highest BCUT2D eigenvalue weighted by atomic mass is 16.6. The Kier molecular flexibility index (Phi) is 5.12. The maximum Gasteiger partial charge on any atom is 0.336 e. The number of ether oxygens (including phenoxy) is 1. The van der Waals surface area contributed by atoms with Crippen LogP contribution in [0.15, 0.2) is 60.7 Å². The van der Waals surface area contributed by atoms with Crippen molar-refractivity contribution < 1.29 is 14.6 Å². The number of carbonyl (C=O) groups excluding carboxylic acids is 1. The van der Waals surface area contributed by atoms with Crippen LogP contribution in [0.5, 0.6) is 0 Å². The fraction of sp³-hybridized carbons (Fsp3) is 0.278. The molecule has 0 radical (unpaired) electrons. The summed E-state index contributed by atoms with van der Waals surface area (Å²) < 4.78 is 5.56. The second-order valence-corrected chi connectivity index (χ2v) is 5.33. The highest BCUT2D eigenvalue weighted by Gasteiger charge is 2.25. The summed E-state index contributed by atoms with van der Waals surface area (Å²) in [5.41, 5.74) is 1.76. The zero-order valence-corrected chi connectivity index (χ0v) is 12.3. The lowest BCUT2D eigenvalue weighted by atomic mass is 10.0. The molecule has 0 spiro atoms. The van der Waals surface area contributed by atoms with E-state index in [9.17, 15) is 9.90 Å². The highest BCUT2D eigenvalue weighted by Crippen LogP contribution is 2.26. The van der Waals surface area contributed by atoms with Crippen LogP contribution in [0.1, 0.15) is 31.1 Å². The van der Waals surface area contributed by atoms with Crippen molar-refractivity contribution in [1.29, 1.82) is 0 Å². The first-order valence-electron chi connectivity index (χ1n) is 7.08. The number of aliphatic hydroxyl groups excluding tert-OH is 1. The quantitative estimate of drug-likeness (QED) is 0.857. The van der Waals surface area contributed by atoms with Crippen molar-refractivity contribution in [3.05, 3.63) is 71.8 Å². The van der Waals surface area contributed by atoms with Crippen LogP contribution in [0.25, 0.3) is 0 Å². The van der Waals surface area contributed by atoms with E-state index in [4.69, 9.17) is 4.74 Å². The van der Waals surface area contributed by atoms with Gasteiger partial charge in [-0.05, 0) is 17.0 Å². The molecule has 2 aromatic carbocycles. The summed E-state index contributed by atoms with van der Waals surface area (Å²) in [7, 11) is 0. The van der Waals surface area contributed by atoms with Crippen LogP contribution in [0.4, 0.5) is 0 Å². The van der Waals surface area contributed by atoms with Gasteiger partial charge in [-0.3, -0.25) is 0 Å². The van der Waals surface area contributed by atoms with Crippen molar-refractivity contribution in [2.75, 3.05) is 0 Å². The molecule has 2 aromatic rings. The molecule has 1 N–H and O–H groups in total. The molecule has 0 bridgehead atoms. The second kappa shape index (κ2) is 7.04. The number of rotatable bonds is 5. The van der Waals surface area contributed by atoms with Crippen molar-refractivity contribution >= 4 is 5.97 Å². The predicted molar refractivity (Wildman–Crippen MR) is 81.7 cm³/mol. The van der Waals surface area contributed by atoms with Gasteiger partial charge in [-0.1, -0.05) is 74.5 Å². The van der Waals surface area contributed by atoms with Gasteiger partial charge in [0.1, 0.15) is 0 Å². The highest BCUT2D eigenvalue weighted by molar-refractivity contribution is 5.75. The van der Waals surface area contributed by atoms with Crippen molar-refractivity contribution in [1.82, 2.24) is 0 Å². The van der Waals surface area contributed by atoms with Crippen LogP contribution < -0.4 is 0 Å². The fourth-order valence-corrected chi connectivity index (χ4v) is 2.04. The molecule has 0 saturated heterocycles. The Bertz CT molecular complexity index is 524. The van der Waals surface area contributed by atoms with Gasteiger partial charge in [0.05, 0.1) is 0 Å². The minimum absolute atomic E-state index is 0.176. The Morgan fingerprint density at radius 1 is 0.905 bits per heavy atom. The van der Waals surface area contributed by atoms with Crippen molar-refractivity contribution in [2.45, 2.75) is 26.1 Å². The molecule has 0 heterocycles. The standard InChI is InChI=1S/C18H20O3/c1-13(2)16(19)18(20)21-17(14-9-5-3-6-10-14)15-11-7-4-8-12-15/h3-13,16-17,19H,1-2H3/t16-/m0/s1. The molecule has 3 heteroatoms. The molecule has 0 fully saturated rings. The summed E-state index contributed by atoms with van der Waals surface area (Å²) >= 11 is 0. The molecule has 0 aliphatic rings. The zero-order valence-electron chi connectivity index (χ0n) is 12.3. The number of esters is 1. The Labute approximate surface area is 125 Å². The van der Waals surface area contributed by atoms with Crippen LogP contribution in [0.2, 0.25) is 0 Å². The fourth-order valence-electron chi connectivity index (χ4n) is 2.04. The molecule has 1 atom stereocenters. The molecule has 0 aliphatic carbocycles. The number of hydrogen-bond donors (Lipinski definition) is 1. The molecular formula is C18H20O3. The van der Waals surface area contributed by atoms with E-state index in [0.29, 0.717) is 0 Å². The van der Waals surface area contributed by atoms with Gasteiger partial charge in [-0.2, -0.15) is 0 Å². The average Bonchev–Trinajstić information content (AvgIpc) is 2.53. The zero-order chi connectivity index (χ0) is 15.2. The SMILES string of the molecule is CC(C)[C@H](O)C(=O)OC(c1ccccc1)c1ccccc1. The van der Waals surface area contributed by atoms with Gasteiger partial charge in [0, 0.05) is 0 Å². The molecule has 0 unspecified atom stereocenters. The van der Waals surface area contributed by atoms with Crippen LogP contribution in [0, 0.1) is 5.92 Å². The van der Waals surface area contributed by atoms with Crippen molar-refractivity contribution in [2.24, 2.45) is 5.92 Å². The molecule has 0 saturated carbocycles. The number of benzene rings is 2. The lowest BCUT2D eigenvalue weighted by Crippen LogP contribution is -2.29. The van der Waals surface area contributed by atoms with Gasteiger partial charge >= 0.3 is 5.97 Å². The monoisotopic (exact) mass is 284 g/mol. The number of carbonyl (C=O) groups is 1. The Balaban J connectivity index is 2.28.